The average molecular weight is 280 g/mol. The summed E-state index contributed by atoms with van der Waals surface area (Å²) in [4.78, 5) is 15.3. The van der Waals surface area contributed by atoms with E-state index in [2.05, 4.69) is 4.98 Å². The van der Waals surface area contributed by atoms with Gasteiger partial charge in [-0.25, -0.2) is 13.8 Å². The van der Waals surface area contributed by atoms with Gasteiger partial charge in [-0.3, -0.25) is 4.79 Å². The Kier molecular flexibility index (Phi) is 2.96. The lowest BCUT2D eigenvalue weighted by Crippen LogP contribution is -2.14. The molecule has 106 valence electrons. The lowest BCUT2D eigenvalue weighted by Gasteiger charge is -2.12. The van der Waals surface area contributed by atoms with Crippen LogP contribution in [0.5, 0.6) is 0 Å². The van der Waals surface area contributed by atoms with Gasteiger partial charge < -0.3 is 9.67 Å². The molecule has 4 nitrogen and oxygen atoms in total. The van der Waals surface area contributed by atoms with E-state index in [-0.39, 0.29) is 12.5 Å². The van der Waals surface area contributed by atoms with E-state index in [0.717, 1.165) is 25.0 Å². The van der Waals surface area contributed by atoms with Gasteiger partial charge in [0.05, 0.1) is 11.0 Å². The minimum atomic E-state index is -1.03. The van der Waals surface area contributed by atoms with E-state index >= 15 is 0 Å². The maximum atomic E-state index is 13.4. The summed E-state index contributed by atoms with van der Waals surface area (Å²) in [5, 5.41) is 9.01. The number of hydrogen-bond acceptors (Lipinski definition) is 2. The fourth-order valence-electron chi connectivity index (χ4n) is 2.59. The number of aromatic nitrogens is 2. The maximum Gasteiger partial charge on any atom is 0.323 e. The Labute approximate surface area is 114 Å². The van der Waals surface area contributed by atoms with Crippen molar-refractivity contribution in [1.82, 2.24) is 9.55 Å². The first-order chi connectivity index (χ1) is 9.47. The summed E-state index contributed by atoms with van der Waals surface area (Å²) < 4.78 is 28.1. The van der Waals surface area contributed by atoms with Crippen LogP contribution in [0.3, 0.4) is 0 Å². The maximum absolute atomic E-state index is 13.4. The molecule has 1 atom stereocenters. The van der Waals surface area contributed by atoms with Gasteiger partial charge in [-0.1, -0.05) is 6.92 Å². The summed E-state index contributed by atoms with van der Waals surface area (Å²) in [6.45, 7) is 1.68. The largest absolute Gasteiger partial charge is 0.480 e. The van der Waals surface area contributed by atoms with Crippen LogP contribution < -0.4 is 0 Å². The summed E-state index contributed by atoms with van der Waals surface area (Å²) in [5.41, 5.74) is 0.626. The molecule has 1 aromatic carbocycles. The molecule has 1 aliphatic rings. The number of aliphatic carboxylic acids is 1. The first-order valence-electron chi connectivity index (χ1n) is 6.54. The van der Waals surface area contributed by atoms with Gasteiger partial charge in [0, 0.05) is 18.1 Å². The minimum Gasteiger partial charge on any atom is -0.480 e. The predicted molar refractivity (Wildman–Crippen MR) is 68.4 cm³/mol. The summed E-state index contributed by atoms with van der Waals surface area (Å²) in [6.07, 6.45) is 2.17. The molecule has 20 heavy (non-hydrogen) atoms. The second kappa shape index (κ2) is 4.54. The highest BCUT2D eigenvalue weighted by atomic mass is 19.2. The van der Waals surface area contributed by atoms with Crippen LogP contribution in [-0.2, 0) is 11.3 Å². The predicted octanol–water partition coefficient (Wildman–Crippen LogP) is 2.91. The smallest absolute Gasteiger partial charge is 0.323 e. The standard InChI is InChI=1S/C14H14F2N2O2/c1-7(8-2-3-8)14-17-11-4-9(15)10(16)5-12(11)18(14)6-13(19)20/h4-5,7-8H,2-3,6H2,1H3,(H,19,20). The monoisotopic (exact) mass is 280 g/mol. The summed E-state index contributed by atoms with van der Waals surface area (Å²) in [7, 11) is 0. The summed E-state index contributed by atoms with van der Waals surface area (Å²) in [5.74, 6) is -1.83. The number of carbonyl (C=O) groups is 1. The van der Waals surface area contributed by atoms with E-state index < -0.39 is 17.6 Å². The van der Waals surface area contributed by atoms with E-state index in [0.29, 0.717) is 22.8 Å². The van der Waals surface area contributed by atoms with Crippen LogP contribution in [0.4, 0.5) is 8.78 Å². The Morgan fingerprint density at radius 2 is 2.10 bits per heavy atom. The molecule has 0 bridgehead atoms. The van der Waals surface area contributed by atoms with Crippen LogP contribution in [0.15, 0.2) is 12.1 Å². The van der Waals surface area contributed by atoms with Crippen LogP contribution in [0, 0.1) is 17.6 Å². The molecule has 1 unspecified atom stereocenters. The van der Waals surface area contributed by atoms with E-state index in [1.54, 1.807) is 0 Å². The Morgan fingerprint density at radius 1 is 1.45 bits per heavy atom. The highest BCUT2D eigenvalue weighted by Crippen LogP contribution is 2.42. The van der Waals surface area contributed by atoms with E-state index in [1.807, 2.05) is 6.92 Å². The van der Waals surface area contributed by atoms with E-state index in [4.69, 9.17) is 5.11 Å². The number of nitrogens with zero attached hydrogens (tertiary/aromatic N) is 2. The number of halogens is 2. The number of hydrogen-bond donors (Lipinski definition) is 1. The fourth-order valence-corrected chi connectivity index (χ4v) is 2.59. The molecule has 1 aromatic heterocycles. The lowest BCUT2D eigenvalue weighted by atomic mass is 10.1. The third-order valence-corrected chi connectivity index (χ3v) is 3.85. The van der Waals surface area contributed by atoms with Gasteiger partial charge in [-0.2, -0.15) is 0 Å². The Hall–Kier alpha value is -1.98. The number of imidazole rings is 1. The first-order valence-corrected chi connectivity index (χ1v) is 6.54. The minimum absolute atomic E-state index is 0.0906. The average Bonchev–Trinajstić information content (AvgIpc) is 3.16. The molecule has 0 spiro atoms. The molecule has 0 aliphatic heterocycles. The molecule has 1 saturated carbocycles. The molecular weight excluding hydrogens is 266 g/mol. The molecule has 1 N–H and O–H groups in total. The zero-order valence-corrected chi connectivity index (χ0v) is 10.9. The molecule has 1 heterocycles. The first kappa shape index (κ1) is 13.0. The number of carboxylic acids is 1. The van der Waals surface area contributed by atoms with Gasteiger partial charge in [0.25, 0.3) is 0 Å². The van der Waals surface area contributed by atoms with Crippen molar-refractivity contribution in [3.8, 4) is 0 Å². The zero-order chi connectivity index (χ0) is 14.4. The highest BCUT2D eigenvalue weighted by molar-refractivity contribution is 5.78. The van der Waals surface area contributed by atoms with Crippen LogP contribution in [0.1, 0.15) is 31.5 Å². The second-order valence-corrected chi connectivity index (χ2v) is 5.33. The molecule has 6 heteroatoms. The van der Waals surface area contributed by atoms with Crippen molar-refractivity contribution < 1.29 is 18.7 Å². The van der Waals surface area contributed by atoms with Crippen molar-refractivity contribution in [2.75, 3.05) is 0 Å². The van der Waals surface area contributed by atoms with Gasteiger partial charge in [-0.15, -0.1) is 0 Å². The summed E-state index contributed by atoms with van der Waals surface area (Å²) in [6, 6.07) is 2.04. The van der Waals surface area contributed by atoms with Gasteiger partial charge in [0.1, 0.15) is 12.4 Å². The van der Waals surface area contributed by atoms with Gasteiger partial charge in [0.2, 0.25) is 0 Å². The van der Waals surface area contributed by atoms with Crippen LogP contribution >= 0.6 is 0 Å². The SMILES string of the molecule is CC(c1nc2cc(F)c(F)cc2n1CC(=O)O)C1CC1. The van der Waals surface area contributed by atoms with Crippen molar-refractivity contribution in [2.45, 2.75) is 32.2 Å². The quantitative estimate of drug-likeness (QED) is 0.936. The lowest BCUT2D eigenvalue weighted by molar-refractivity contribution is -0.137. The van der Waals surface area contributed by atoms with Gasteiger partial charge in [0.15, 0.2) is 11.6 Å². The van der Waals surface area contributed by atoms with Crippen molar-refractivity contribution in [3.05, 3.63) is 29.6 Å². The molecule has 1 aliphatic carbocycles. The number of fused-ring (bicyclic) bond motifs is 1. The van der Waals surface area contributed by atoms with Crippen LogP contribution in [-0.4, -0.2) is 20.6 Å². The number of carboxylic acid groups (broad SMARTS) is 1. The molecule has 2 aromatic rings. The molecule has 0 radical (unpaired) electrons. The van der Waals surface area contributed by atoms with E-state index in [9.17, 15) is 13.6 Å². The zero-order valence-electron chi connectivity index (χ0n) is 10.9. The molecule has 1 fully saturated rings. The highest BCUT2D eigenvalue weighted by Gasteiger charge is 2.32. The van der Waals surface area contributed by atoms with Gasteiger partial charge in [-0.05, 0) is 18.8 Å². The number of rotatable bonds is 4. The van der Waals surface area contributed by atoms with Crippen molar-refractivity contribution >= 4 is 17.0 Å². The second-order valence-electron chi connectivity index (χ2n) is 5.33. The van der Waals surface area contributed by atoms with Crippen LogP contribution in [0.2, 0.25) is 0 Å². The van der Waals surface area contributed by atoms with Crippen molar-refractivity contribution in [2.24, 2.45) is 5.92 Å². The molecular formula is C14H14F2N2O2. The van der Waals surface area contributed by atoms with E-state index in [1.165, 1.54) is 4.57 Å². The Balaban J connectivity index is 2.18. The molecule has 0 saturated heterocycles. The number of benzene rings is 1. The normalized spacial score (nSPS) is 16.6. The van der Waals surface area contributed by atoms with Crippen molar-refractivity contribution in [3.63, 3.8) is 0 Å². The Morgan fingerprint density at radius 3 is 2.70 bits per heavy atom. The fraction of sp³-hybridized carbons (Fsp3) is 0.429. The molecule has 0 amide bonds. The van der Waals surface area contributed by atoms with Crippen molar-refractivity contribution in [1.29, 1.82) is 0 Å². The van der Waals surface area contributed by atoms with Crippen LogP contribution in [0.25, 0.3) is 11.0 Å². The topological polar surface area (TPSA) is 55.1 Å². The Bertz CT molecular complexity index is 692. The van der Waals surface area contributed by atoms with Gasteiger partial charge >= 0.3 is 5.97 Å². The third kappa shape index (κ3) is 2.15. The summed E-state index contributed by atoms with van der Waals surface area (Å²) >= 11 is 0. The third-order valence-electron chi connectivity index (χ3n) is 3.85. The molecule has 3 rings (SSSR count).